The van der Waals surface area contributed by atoms with Crippen LogP contribution in [0.4, 0.5) is 0 Å². The van der Waals surface area contributed by atoms with Crippen LogP contribution in [0.3, 0.4) is 0 Å². The molecule has 0 aliphatic heterocycles. The Hall–Kier alpha value is -2.22. The summed E-state index contributed by atoms with van der Waals surface area (Å²) in [5.74, 6) is 3.88. The number of aryl methyl sites for hydroxylation is 1. The molecule has 154 valence electrons. The highest BCUT2D eigenvalue weighted by atomic mass is 32.2. The molecule has 28 heavy (non-hydrogen) atoms. The van der Waals surface area contributed by atoms with Crippen molar-refractivity contribution < 1.29 is 4.74 Å². The molecule has 2 rings (SSSR count). The second-order valence-corrected chi connectivity index (χ2v) is 7.31. The lowest BCUT2D eigenvalue weighted by Gasteiger charge is -2.13. The largest absolute Gasteiger partial charge is 0.497 e. The van der Waals surface area contributed by atoms with E-state index in [1.165, 1.54) is 5.56 Å². The number of nitrogens with one attached hydrogen (secondary N) is 2. The second-order valence-electron chi connectivity index (χ2n) is 6.32. The van der Waals surface area contributed by atoms with Crippen molar-refractivity contribution in [1.29, 1.82) is 0 Å². The van der Waals surface area contributed by atoms with E-state index in [-0.39, 0.29) is 0 Å². The molecule has 0 saturated carbocycles. The van der Waals surface area contributed by atoms with Crippen LogP contribution in [0.1, 0.15) is 24.7 Å². The van der Waals surface area contributed by atoms with Gasteiger partial charge in [-0.05, 0) is 42.5 Å². The van der Waals surface area contributed by atoms with E-state index >= 15 is 0 Å². The van der Waals surface area contributed by atoms with E-state index in [1.807, 2.05) is 23.9 Å². The normalized spacial score (nSPS) is 11.5. The first-order chi connectivity index (χ1) is 13.8. The number of benzene rings is 1. The summed E-state index contributed by atoms with van der Waals surface area (Å²) >= 11 is 1.85. The van der Waals surface area contributed by atoms with Crippen LogP contribution in [-0.2, 0) is 19.4 Å². The van der Waals surface area contributed by atoms with Crippen LogP contribution < -0.4 is 15.4 Å². The van der Waals surface area contributed by atoms with Gasteiger partial charge in [-0.3, -0.25) is 4.99 Å². The Morgan fingerprint density at radius 1 is 1.21 bits per heavy atom. The summed E-state index contributed by atoms with van der Waals surface area (Å²) in [6.07, 6.45) is 6.81. The summed E-state index contributed by atoms with van der Waals surface area (Å²) in [4.78, 5) is 4.70. The summed E-state index contributed by atoms with van der Waals surface area (Å²) in [7, 11) is 1.69. The average molecular weight is 405 g/mol. The van der Waals surface area contributed by atoms with Crippen LogP contribution in [0, 0.1) is 0 Å². The first-order valence-electron chi connectivity index (χ1n) is 9.77. The van der Waals surface area contributed by atoms with Crippen molar-refractivity contribution in [2.45, 2.75) is 32.7 Å². The van der Waals surface area contributed by atoms with Crippen LogP contribution in [0.15, 0.2) is 35.6 Å². The topological polar surface area (TPSA) is 76.4 Å². The Balaban J connectivity index is 1.81. The zero-order valence-corrected chi connectivity index (χ0v) is 18.0. The van der Waals surface area contributed by atoms with Gasteiger partial charge in [0.2, 0.25) is 0 Å². The predicted octanol–water partition coefficient (Wildman–Crippen LogP) is 2.38. The van der Waals surface area contributed by atoms with Gasteiger partial charge in [0.05, 0.1) is 7.11 Å². The van der Waals surface area contributed by atoms with Crippen molar-refractivity contribution in [3.63, 3.8) is 0 Å². The van der Waals surface area contributed by atoms with Gasteiger partial charge in [-0.25, -0.2) is 0 Å². The summed E-state index contributed by atoms with van der Waals surface area (Å²) in [6.45, 7) is 5.34. The van der Waals surface area contributed by atoms with E-state index in [4.69, 9.17) is 9.73 Å². The van der Waals surface area contributed by atoms with Crippen LogP contribution >= 0.6 is 11.8 Å². The van der Waals surface area contributed by atoms with E-state index < -0.39 is 0 Å². The molecule has 0 amide bonds. The maximum absolute atomic E-state index is 5.21. The molecule has 1 aromatic carbocycles. The number of hydrogen-bond donors (Lipinski definition) is 2. The minimum Gasteiger partial charge on any atom is -0.497 e. The lowest BCUT2D eigenvalue weighted by molar-refractivity contribution is 0.414. The lowest BCUT2D eigenvalue weighted by atomic mass is 10.1. The Morgan fingerprint density at radius 3 is 2.71 bits per heavy atom. The molecule has 2 aromatic rings. The monoisotopic (exact) mass is 404 g/mol. The van der Waals surface area contributed by atoms with E-state index in [0.29, 0.717) is 0 Å². The molecule has 2 N–H and O–H groups in total. The van der Waals surface area contributed by atoms with Crippen LogP contribution in [0.2, 0.25) is 0 Å². The number of methoxy groups -OCH3 is 1. The SMILES string of the molecule is CCc1nncn1CCNC(=NCCCSC)NCCc1ccc(OC)cc1. The standard InChI is InChI=1S/C20H32N6OS/c1-4-19-25-24-16-26(19)14-13-23-20(21-11-5-15-28-3)22-12-10-17-6-8-18(27-2)9-7-17/h6-9,16H,4-5,10-15H2,1-3H3,(H2,21,22,23). The quantitative estimate of drug-likeness (QED) is 0.321. The number of aliphatic imine (C=N–C) groups is 1. The summed E-state index contributed by atoms with van der Waals surface area (Å²) < 4.78 is 7.29. The molecule has 1 aromatic heterocycles. The molecule has 0 aliphatic rings. The van der Waals surface area contributed by atoms with Crippen LogP contribution in [0.5, 0.6) is 5.75 Å². The minimum absolute atomic E-state index is 0.780. The van der Waals surface area contributed by atoms with Crippen molar-refractivity contribution in [3.05, 3.63) is 42.0 Å². The molecule has 7 nitrogen and oxygen atoms in total. The Labute approximate surface area is 172 Å². The number of aromatic nitrogens is 3. The van der Waals surface area contributed by atoms with Gasteiger partial charge >= 0.3 is 0 Å². The highest BCUT2D eigenvalue weighted by molar-refractivity contribution is 7.98. The lowest BCUT2D eigenvalue weighted by Crippen LogP contribution is -2.40. The number of ether oxygens (including phenoxy) is 1. The average Bonchev–Trinajstić information content (AvgIpc) is 3.18. The molecule has 0 saturated heterocycles. The Bertz CT molecular complexity index is 701. The molecular weight excluding hydrogens is 372 g/mol. The van der Waals surface area contributed by atoms with Gasteiger partial charge in [0.1, 0.15) is 17.9 Å². The number of thioether (sulfide) groups is 1. The highest BCUT2D eigenvalue weighted by Crippen LogP contribution is 2.11. The van der Waals surface area contributed by atoms with Gasteiger partial charge in [-0.2, -0.15) is 11.8 Å². The smallest absolute Gasteiger partial charge is 0.191 e. The van der Waals surface area contributed by atoms with Crippen LogP contribution in [0.25, 0.3) is 0 Å². The molecule has 0 atom stereocenters. The zero-order valence-electron chi connectivity index (χ0n) is 17.1. The minimum atomic E-state index is 0.780. The van der Waals surface area contributed by atoms with Gasteiger partial charge in [0, 0.05) is 32.6 Å². The van der Waals surface area contributed by atoms with Gasteiger partial charge < -0.3 is 19.9 Å². The maximum Gasteiger partial charge on any atom is 0.191 e. The first-order valence-corrected chi connectivity index (χ1v) is 11.2. The van der Waals surface area contributed by atoms with Gasteiger partial charge in [0.15, 0.2) is 5.96 Å². The first kappa shape index (κ1) is 22.1. The second kappa shape index (κ2) is 13.0. The third-order valence-electron chi connectivity index (χ3n) is 4.30. The van der Waals surface area contributed by atoms with Crippen LogP contribution in [-0.4, -0.2) is 59.5 Å². The van der Waals surface area contributed by atoms with Crippen molar-refractivity contribution in [3.8, 4) is 5.75 Å². The Kier molecular flexibility index (Phi) is 10.3. The maximum atomic E-state index is 5.21. The van der Waals surface area contributed by atoms with E-state index in [1.54, 1.807) is 13.4 Å². The molecule has 0 aliphatic carbocycles. The molecular formula is C20H32N6OS. The third kappa shape index (κ3) is 7.80. The molecule has 0 radical (unpaired) electrons. The van der Waals surface area contributed by atoms with E-state index in [0.717, 1.165) is 68.7 Å². The fourth-order valence-corrected chi connectivity index (χ4v) is 3.14. The molecule has 0 fully saturated rings. The zero-order chi connectivity index (χ0) is 20.0. The number of nitrogens with zero attached hydrogens (tertiary/aromatic N) is 4. The van der Waals surface area contributed by atoms with E-state index in [9.17, 15) is 0 Å². The predicted molar refractivity (Wildman–Crippen MR) is 117 cm³/mol. The van der Waals surface area contributed by atoms with Gasteiger partial charge in [-0.15, -0.1) is 10.2 Å². The molecule has 0 bridgehead atoms. The molecule has 0 unspecified atom stereocenters. The number of guanidine groups is 1. The summed E-state index contributed by atoms with van der Waals surface area (Å²) in [5.41, 5.74) is 1.27. The fourth-order valence-electron chi connectivity index (χ4n) is 2.73. The van der Waals surface area contributed by atoms with E-state index in [2.05, 4.69) is 50.7 Å². The fraction of sp³-hybridized carbons (Fsp3) is 0.550. The highest BCUT2D eigenvalue weighted by Gasteiger charge is 2.03. The summed E-state index contributed by atoms with van der Waals surface area (Å²) in [6, 6.07) is 8.19. The molecule has 0 spiro atoms. The molecule has 1 heterocycles. The summed E-state index contributed by atoms with van der Waals surface area (Å²) in [5, 5.41) is 15.0. The Morgan fingerprint density at radius 2 is 2.00 bits per heavy atom. The van der Waals surface area contributed by atoms with Crippen molar-refractivity contribution >= 4 is 17.7 Å². The third-order valence-corrected chi connectivity index (χ3v) is 5.00. The van der Waals surface area contributed by atoms with Crippen molar-refractivity contribution in [2.75, 3.05) is 38.8 Å². The van der Waals surface area contributed by atoms with Gasteiger partial charge in [0.25, 0.3) is 0 Å². The number of rotatable bonds is 12. The molecule has 8 heteroatoms. The van der Waals surface area contributed by atoms with Crippen molar-refractivity contribution in [2.24, 2.45) is 4.99 Å². The van der Waals surface area contributed by atoms with Crippen molar-refractivity contribution in [1.82, 2.24) is 25.4 Å². The van der Waals surface area contributed by atoms with Gasteiger partial charge in [-0.1, -0.05) is 19.1 Å². The number of hydrogen-bond acceptors (Lipinski definition) is 5.